The number of benzene rings is 1. The SMILES string of the molecule is CCN1CCc2nc3c(Cl)cccc3c(C#N)c2C1. The molecule has 0 bridgehead atoms. The van der Waals surface area contributed by atoms with Crippen LogP contribution in [0.1, 0.15) is 23.7 Å². The lowest BCUT2D eigenvalue weighted by atomic mass is 9.96. The average molecular weight is 272 g/mol. The van der Waals surface area contributed by atoms with Gasteiger partial charge in [0.25, 0.3) is 0 Å². The third kappa shape index (κ3) is 1.98. The first kappa shape index (κ1) is 12.4. The topological polar surface area (TPSA) is 39.9 Å². The van der Waals surface area contributed by atoms with E-state index in [0.717, 1.165) is 53.8 Å². The zero-order valence-corrected chi connectivity index (χ0v) is 11.5. The van der Waals surface area contributed by atoms with Crippen molar-refractivity contribution in [1.29, 1.82) is 5.26 Å². The predicted molar refractivity (Wildman–Crippen MR) is 76.1 cm³/mol. The Hall–Kier alpha value is -1.63. The van der Waals surface area contributed by atoms with Gasteiger partial charge in [-0.25, -0.2) is 0 Å². The Morgan fingerprint density at radius 1 is 1.47 bits per heavy atom. The molecular formula is C15H14ClN3. The van der Waals surface area contributed by atoms with Crippen molar-refractivity contribution in [3.8, 4) is 6.07 Å². The molecule has 2 aromatic rings. The van der Waals surface area contributed by atoms with Crippen LogP contribution in [0.2, 0.25) is 5.02 Å². The lowest BCUT2D eigenvalue weighted by Crippen LogP contribution is -2.31. The van der Waals surface area contributed by atoms with Gasteiger partial charge in [-0.05, 0) is 12.6 Å². The molecule has 0 saturated heterocycles. The van der Waals surface area contributed by atoms with Gasteiger partial charge in [-0.3, -0.25) is 9.88 Å². The normalized spacial score (nSPS) is 15.2. The van der Waals surface area contributed by atoms with Crippen LogP contribution in [-0.2, 0) is 13.0 Å². The zero-order chi connectivity index (χ0) is 13.4. The summed E-state index contributed by atoms with van der Waals surface area (Å²) in [6.45, 7) is 4.95. The van der Waals surface area contributed by atoms with Crippen molar-refractivity contribution in [2.45, 2.75) is 19.9 Å². The van der Waals surface area contributed by atoms with Gasteiger partial charge in [0, 0.05) is 36.2 Å². The molecule has 1 aliphatic heterocycles. The van der Waals surface area contributed by atoms with E-state index in [1.54, 1.807) is 0 Å². The van der Waals surface area contributed by atoms with Crippen molar-refractivity contribution in [1.82, 2.24) is 9.88 Å². The van der Waals surface area contributed by atoms with Gasteiger partial charge in [-0.1, -0.05) is 30.7 Å². The molecule has 3 rings (SSSR count). The second-order valence-corrected chi connectivity index (χ2v) is 5.19. The molecule has 0 saturated carbocycles. The highest BCUT2D eigenvalue weighted by atomic mass is 35.5. The molecule has 19 heavy (non-hydrogen) atoms. The van der Waals surface area contributed by atoms with Crippen molar-refractivity contribution >= 4 is 22.5 Å². The van der Waals surface area contributed by atoms with E-state index in [0.29, 0.717) is 5.02 Å². The van der Waals surface area contributed by atoms with Crippen LogP contribution in [0.5, 0.6) is 0 Å². The fourth-order valence-corrected chi connectivity index (χ4v) is 2.90. The minimum Gasteiger partial charge on any atom is -0.299 e. The maximum atomic E-state index is 9.50. The number of aromatic nitrogens is 1. The van der Waals surface area contributed by atoms with Crippen molar-refractivity contribution < 1.29 is 0 Å². The van der Waals surface area contributed by atoms with E-state index in [9.17, 15) is 5.26 Å². The monoisotopic (exact) mass is 271 g/mol. The quantitative estimate of drug-likeness (QED) is 0.800. The van der Waals surface area contributed by atoms with Crippen LogP contribution < -0.4 is 0 Å². The van der Waals surface area contributed by atoms with Gasteiger partial charge in [0.15, 0.2) is 0 Å². The van der Waals surface area contributed by atoms with Crippen LogP contribution in [0.3, 0.4) is 0 Å². The van der Waals surface area contributed by atoms with Gasteiger partial charge < -0.3 is 0 Å². The average Bonchev–Trinajstić information content (AvgIpc) is 2.45. The molecule has 0 aliphatic carbocycles. The summed E-state index contributed by atoms with van der Waals surface area (Å²) in [5.41, 5.74) is 3.59. The summed E-state index contributed by atoms with van der Waals surface area (Å²) in [5.74, 6) is 0. The number of pyridine rings is 1. The number of fused-ring (bicyclic) bond motifs is 2. The zero-order valence-electron chi connectivity index (χ0n) is 10.8. The van der Waals surface area contributed by atoms with Crippen LogP contribution in [-0.4, -0.2) is 23.0 Å². The van der Waals surface area contributed by atoms with Crippen molar-refractivity contribution in [3.63, 3.8) is 0 Å². The number of hydrogen-bond acceptors (Lipinski definition) is 3. The summed E-state index contributed by atoms with van der Waals surface area (Å²) in [6.07, 6.45) is 0.888. The number of hydrogen-bond donors (Lipinski definition) is 0. The maximum Gasteiger partial charge on any atom is 0.100 e. The van der Waals surface area contributed by atoms with Crippen LogP contribution in [0.4, 0.5) is 0 Å². The Morgan fingerprint density at radius 3 is 3.05 bits per heavy atom. The Balaban J connectivity index is 2.30. The third-order valence-corrected chi connectivity index (χ3v) is 4.06. The first-order valence-corrected chi connectivity index (χ1v) is 6.84. The Labute approximate surface area is 117 Å². The number of halogens is 1. The summed E-state index contributed by atoms with van der Waals surface area (Å²) >= 11 is 6.20. The summed E-state index contributed by atoms with van der Waals surface area (Å²) in [4.78, 5) is 7.02. The van der Waals surface area contributed by atoms with E-state index in [2.05, 4.69) is 22.9 Å². The number of likely N-dealkylation sites (N-methyl/N-ethyl adjacent to an activating group) is 1. The van der Waals surface area contributed by atoms with E-state index < -0.39 is 0 Å². The van der Waals surface area contributed by atoms with Gasteiger partial charge in [0.2, 0.25) is 0 Å². The fourth-order valence-electron chi connectivity index (χ4n) is 2.68. The van der Waals surface area contributed by atoms with Crippen molar-refractivity contribution in [3.05, 3.63) is 40.0 Å². The van der Waals surface area contributed by atoms with E-state index in [-0.39, 0.29) is 0 Å². The van der Waals surface area contributed by atoms with Gasteiger partial charge in [-0.15, -0.1) is 0 Å². The first-order chi connectivity index (χ1) is 9.24. The number of nitriles is 1. The molecule has 0 unspecified atom stereocenters. The van der Waals surface area contributed by atoms with Crippen LogP contribution >= 0.6 is 11.6 Å². The van der Waals surface area contributed by atoms with E-state index in [1.807, 2.05) is 18.2 Å². The minimum atomic E-state index is 0.620. The van der Waals surface area contributed by atoms with E-state index >= 15 is 0 Å². The van der Waals surface area contributed by atoms with Gasteiger partial charge in [0.05, 0.1) is 16.1 Å². The fraction of sp³-hybridized carbons (Fsp3) is 0.333. The number of rotatable bonds is 1. The van der Waals surface area contributed by atoms with Crippen LogP contribution in [0.15, 0.2) is 18.2 Å². The third-order valence-electron chi connectivity index (χ3n) is 3.76. The Morgan fingerprint density at radius 2 is 2.32 bits per heavy atom. The van der Waals surface area contributed by atoms with Crippen molar-refractivity contribution in [2.75, 3.05) is 13.1 Å². The number of para-hydroxylation sites is 1. The highest BCUT2D eigenvalue weighted by molar-refractivity contribution is 6.35. The highest BCUT2D eigenvalue weighted by Gasteiger charge is 2.22. The van der Waals surface area contributed by atoms with Crippen molar-refractivity contribution in [2.24, 2.45) is 0 Å². The maximum absolute atomic E-state index is 9.50. The molecule has 0 atom stereocenters. The lowest BCUT2D eigenvalue weighted by Gasteiger charge is -2.28. The van der Waals surface area contributed by atoms with E-state index in [4.69, 9.17) is 11.6 Å². The van der Waals surface area contributed by atoms with Crippen LogP contribution in [0.25, 0.3) is 10.9 Å². The molecule has 0 amide bonds. The largest absolute Gasteiger partial charge is 0.299 e. The standard InChI is InChI=1S/C15H14ClN3/c1-2-19-7-6-14-12(9-19)11(8-17)10-4-3-5-13(16)15(10)18-14/h3-5H,2,6-7,9H2,1H3. The summed E-state index contributed by atoms with van der Waals surface area (Å²) in [6, 6.07) is 7.97. The Bertz CT molecular complexity index is 688. The smallest absolute Gasteiger partial charge is 0.100 e. The second kappa shape index (κ2) is 4.80. The second-order valence-electron chi connectivity index (χ2n) is 4.78. The molecule has 1 aliphatic rings. The molecule has 1 aromatic heterocycles. The number of nitrogens with zero attached hydrogens (tertiary/aromatic N) is 3. The summed E-state index contributed by atoms with van der Waals surface area (Å²) in [5, 5.41) is 11.0. The predicted octanol–water partition coefficient (Wildman–Crippen LogP) is 3.14. The lowest BCUT2D eigenvalue weighted by molar-refractivity contribution is 0.266. The molecule has 96 valence electrons. The molecule has 0 N–H and O–H groups in total. The first-order valence-electron chi connectivity index (χ1n) is 6.47. The molecular weight excluding hydrogens is 258 g/mol. The van der Waals surface area contributed by atoms with Crippen LogP contribution in [0, 0.1) is 11.3 Å². The molecule has 0 radical (unpaired) electrons. The molecule has 1 aromatic carbocycles. The Kier molecular flexibility index (Phi) is 3.14. The molecule has 0 fully saturated rings. The molecule has 3 nitrogen and oxygen atoms in total. The summed E-state index contributed by atoms with van der Waals surface area (Å²) in [7, 11) is 0. The molecule has 2 heterocycles. The van der Waals surface area contributed by atoms with Gasteiger partial charge >= 0.3 is 0 Å². The van der Waals surface area contributed by atoms with E-state index in [1.165, 1.54) is 0 Å². The molecule has 4 heteroatoms. The van der Waals surface area contributed by atoms with Gasteiger partial charge in [-0.2, -0.15) is 5.26 Å². The van der Waals surface area contributed by atoms with Gasteiger partial charge in [0.1, 0.15) is 6.07 Å². The summed E-state index contributed by atoms with van der Waals surface area (Å²) < 4.78 is 0. The highest BCUT2D eigenvalue weighted by Crippen LogP contribution is 2.30. The minimum absolute atomic E-state index is 0.620. The molecule has 0 spiro atoms.